The lowest BCUT2D eigenvalue weighted by Crippen LogP contribution is -2.35. The summed E-state index contributed by atoms with van der Waals surface area (Å²) in [6.45, 7) is 1.66. The molecule has 0 aliphatic rings. The second-order valence-corrected chi connectivity index (χ2v) is 3.10. The van der Waals surface area contributed by atoms with E-state index in [4.69, 9.17) is 5.11 Å². The predicted octanol–water partition coefficient (Wildman–Crippen LogP) is -0.433. The Balaban J connectivity index is 3.59. The number of aliphatic hydroxyl groups is 1. The summed E-state index contributed by atoms with van der Waals surface area (Å²) in [6, 6.07) is 0. The van der Waals surface area contributed by atoms with E-state index in [1.165, 1.54) is 0 Å². The third-order valence-corrected chi connectivity index (χ3v) is 1.25. The van der Waals surface area contributed by atoms with Crippen molar-refractivity contribution in [2.45, 2.75) is 18.0 Å². The first-order chi connectivity index (χ1) is 3.98. The molecule has 0 aromatic carbocycles. The van der Waals surface area contributed by atoms with Crippen LogP contribution in [0.2, 0.25) is 0 Å². The molecule has 0 aliphatic heterocycles. The predicted molar refractivity (Wildman–Crippen MR) is 31.1 cm³/mol. The van der Waals surface area contributed by atoms with E-state index in [2.05, 4.69) is 4.74 Å². The zero-order valence-corrected chi connectivity index (χ0v) is 7.40. The summed E-state index contributed by atoms with van der Waals surface area (Å²) in [4.78, 5) is -3.02. The third kappa shape index (κ3) is 3.82. The zero-order chi connectivity index (χ0) is 7.49. The molecule has 0 aromatic heterocycles. The van der Waals surface area contributed by atoms with Gasteiger partial charge in [0.1, 0.15) is 0 Å². The quantitative estimate of drug-likeness (QED) is 0.441. The number of ether oxygens (including phenoxy) is 1. The molecule has 0 radical (unpaired) electrons. The van der Waals surface area contributed by atoms with E-state index >= 15 is 0 Å². The van der Waals surface area contributed by atoms with Gasteiger partial charge in [0.25, 0.3) is 0 Å². The standard InChI is InChI=1S/C4H7F2O2.Al.2H/c1-2-8-4(7)3(5)6;;;/h4,7H,2H2,1H3;;;. The minimum atomic E-state index is -3.02. The lowest BCUT2D eigenvalue weighted by molar-refractivity contribution is -0.193. The molecule has 0 aromatic rings. The Morgan fingerprint density at radius 1 is 1.78 bits per heavy atom. The van der Waals surface area contributed by atoms with Crippen molar-refractivity contribution in [3.05, 3.63) is 0 Å². The second-order valence-electron chi connectivity index (χ2n) is 1.76. The highest BCUT2D eigenvalue weighted by atomic mass is 27.0. The minimum Gasteiger partial charge on any atom is -0.364 e. The average Bonchev–Trinajstić information content (AvgIpc) is 1.64. The van der Waals surface area contributed by atoms with Crippen molar-refractivity contribution in [3.63, 3.8) is 0 Å². The molecule has 1 unspecified atom stereocenters. The van der Waals surface area contributed by atoms with E-state index in [9.17, 15) is 8.78 Å². The highest BCUT2D eigenvalue weighted by Gasteiger charge is 2.31. The summed E-state index contributed by atoms with van der Waals surface area (Å²) in [5.41, 5.74) is 0. The van der Waals surface area contributed by atoms with Gasteiger partial charge in [-0.15, -0.1) is 0 Å². The van der Waals surface area contributed by atoms with Crippen LogP contribution >= 0.6 is 0 Å². The fraction of sp³-hybridized carbons (Fsp3) is 1.00. The van der Waals surface area contributed by atoms with Crippen molar-refractivity contribution >= 4 is 16.3 Å². The normalized spacial score (nSPS) is 15.6. The average molecular weight is 154 g/mol. The maximum absolute atomic E-state index is 12.0. The highest BCUT2D eigenvalue weighted by molar-refractivity contribution is 6.13. The van der Waals surface area contributed by atoms with Crippen LogP contribution in [0.1, 0.15) is 6.92 Å². The van der Waals surface area contributed by atoms with Crippen molar-refractivity contribution in [2.75, 3.05) is 6.61 Å². The number of hydrogen-bond acceptors (Lipinski definition) is 2. The molecule has 2 nitrogen and oxygen atoms in total. The lowest BCUT2D eigenvalue weighted by Gasteiger charge is -2.17. The smallest absolute Gasteiger partial charge is 0.335 e. The summed E-state index contributed by atoms with van der Waals surface area (Å²) in [6.07, 6.45) is -1.91. The lowest BCUT2D eigenvalue weighted by atomic mass is 10.6. The maximum Gasteiger partial charge on any atom is 0.335 e. The van der Waals surface area contributed by atoms with Crippen molar-refractivity contribution < 1.29 is 18.6 Å². The largest absolute Gasteiger partial charge is 0.364 e. The van der Waals surface area contributed by atoms with Crippen LogP contribution in [0.3, 0.4) is 0 Å². The fourth-order valence-corrected chi connectivity index (χ4v) is 0.471. The Hall–Kier alpha value is 0.312. The first-order valence-electron chi connectivity index (χ1n) is 2.66. The van der Waals surface area contributed by atoms with Gasteiger partial charge in [-0.25, -0.2) is 8.78 Å². The van der Waals surface area contributed by atoms with Crippen LogP contribution in [0.15, 0.2) is 0 Å². The van der Waals surface area contributed by atoms with Gasteiger partial charge in [-0.1, -0.05) is 0 Å². The van der Waals surface area contributed by atoms with Gasteiger partial charge in [-0.2, -0.15) is 0 Å². The van der Waals surface area contributed by atoms with E-state index in [1.807, 2.05) is 0 Å². The van der Waals surface area contributed by atoms with E-state index in [1.54, 1.807) is 6.92 Å². The van der Waals surface area contributed by atoms with Crippen molar-refractivity contribution in [1.29, 1.82) is 0 Å². The Labute approximate surface area is 60.2 Å². The molecule has 5 heteroatoms. The number of aliphatic hydroxyl groups excluding tert-OH is 1. The van der Waals surface area contributed by atoms with Crippen LogP contribution in [0, 0.1) is 0 Å². The molecule has 9 heavy (non-hydrogen) atoms. The molecule has 0 saturated carbocycles. The molecule has 0 bridgehead atoms. The molecule has 0 spiro atoms. The van der Waals surface area contributed by atoms with Crippen LogP contribution in [-0.4, -0.2) is 39.1 Å². The summed E-state index contributed by atoms with van der Waals surface area (Å²) < 4.78 is 28.2. The molecule has 0 aliphatic carbocycles. The van der Waals surface area contributed by atoms with Crippen molar-refractivity contribution in [1.82, 2.24) is 0 Å². The van der Waals surface area contributed by atoms with E-state index < -0.39 is 11.1 Å². The number of hydrogen-bond donors (Lipinski definition) is 1. The van der Waals surface area contributed by atoms with E-state index in [0.717, 1.165) is 0 Å². The first-order valence-corrected chi connectivity index (χ1v) is 3.66. The monoisotopic (exact) mass is 154 g/mol. The number of halogens is 2. The molecule has 1 N–H and O–H groups in total. The molecule has 0 amide bonds. The van der Waals surface area contributed by atoms with Gasteiger partial charge < -0.3 is 9.84 Å². The van der Waals surface area contributed by atoms with Crippen molar-refractivity contribution in [3.8, 4) is 0 Å². The van der Waals surface area contributed by atoms with Gasteiger partial charge in [0.05, 0.1) is 0 Å². The Kier molecular flexibility index (Phi) is 3.59. The fourth-order valence-electron chi connectivity index (χ4n) is 0.304. The molecular formula is C4H9AlF2O2. The van der Waals surface area contributed by atoms with Gasteiger partial charge in [0.2, 0.25) is 11.1 Å². The molecule has 0 heterocycles. The first kappa shape index (κ1) is 9.31. The molecule has 0 rings (SSSR count). The van der Waals surface area contributed by atoms with E-state index in [-0.39, 0.29) is 22.9 Å². The topological polar surface area (TPSA) is 29.5 Å². The Morgan fingerprint density at radius 2 is 2.22 bits per heavy atom. The SMILES string of the molecule is CCOC(O)[C](F)(F)[AlH2]. The van der Waals surface area contributed by atoms with E-state index in [0.29, 0.717) is 0 Å². The van der Waals surface area contributed by atoms with Gasteiger partial charge >= 0.3 is 16.3 Å². The van der Waals surface area contributed by atoms with Crippen molar-refractivity contribution in [2.24, 2.45) is 0 Å². The van der Waals surface area contributed by atoms with Crippen LogP contribution < -0.4 is 0 Å². The van der Waals surface area contributed by atoms with Gasteiger partial charge in [-0.3, -0.25) is 0 Å². The Morgan fingerprint density at radius 3 is 2.33 bits per heavy atom. The van der Waals surface area contributed by atoms with Crippen LogP contribution in [0.5, 0.6) is 0 Å². The summed E-state index contributed by atoms with van der Waals surface area (Å²) in [7, 11) is 0. The summed E-state index contributed by atoms with van der Waals surface area (Å²) in [5, 5.41) is 8.45. The molecule has 0 fully saturated rings. The molecule has 0 saturated heterocycles. The van der Waals surface area contributed by atoms with Crippen LogP contribution in [0.4, 0.5) is 8.78 Å². The highest BCUT2D eigenvalue weighted by Crippen LogP contribution is 2.13. The molecule has 54 valence electrons. The number of alkyl halides is 2. The summed E-state index contributed by atoms with van der Waals surface area (Å²) in [5.74, 6) is 0. The van der Waals surface area contributed by atoms with Crippen LogP contribution in [-0.2, 0) is 4.74 Å². The third-order valence-electron chi connectivity index (χ3n) is 0.758. The second kappa shape index (κ2) is 3.47. The Bertz CT molecular complexity index is 83.1. The van der Waals surface area contributed by atoms with Gasteiger partial charge in [0, 0.05) is 6.61 Å². The maximum atomic E-state index is 12.0. The van der Waals surface area contributed by atoms with Gasteiger partial charge in [0.15, 0.2) is 0 Å². The van der Waals surface area contributed by atoms with Crippen LogP contribution in [0.25, 0.3) is 0 Å². The molecular weight excluding hydrogens is 145 g/mol. The molecule has 1 atom stereocenters. The minimum absolute atomic E-state index is 0.110. The zero-order valence-electron chi connectivity index (χ0n) is 5.40. The van der Waals surface area contributed by atoms with Gasteiger partial charge in [-0.05, 0) is 6.92 Å². The number of rotatable bonds is 3. The summed E-state index contributed by atoms with van der Waals surface area (Å²) >= 11 is -0.382.